The van der Waals surface area contributed by atoms with Crippen LogP contribution in [0.2, 0.25) is 0 Å². The fourth-order valence-corrected chi connectivity index (χ4v) is 2.18. The molecule has 2 aromatic heterocycles. The van der Waals surface area contributed by atoms with Crippen LogP contribution in [0.3, 0.4) is 0 Å². The topological polar surface area (TPSA) is 74.5 Å². The Balaban J connectivity index is 2.27. The second kappa shape index (κ2) is 5.19. The third-order valence-corrected chi connectivity index (χ3v) is 3.82. The zero-order chi connectivity index (χ0) is 13.3. The van der Waals surface area contributed by atoms with Crippen molar-refractivity contribution in [2.24, 2.45) is 5.73 Å². The van der Waals surface area contributed by atoms with Crippen LogP contribution in [0.4, 0.5) is 0 Å². The second-order valence-electron chi connectivity index (χ2n) is 4.29. The first-order chi connectivity index (χ1) is 8.52. The SMILES string of the molecule is CCn1nc(C)c(Br)c1Cn1cc(C(C)N)nn1. The maximum atomic E-state index is 5.77. The van der Waals surface area contributed by atoms with Gasteiger partial charge in [0.2, 0.25) is 0 Å². The third kappa shape index (κ3) is 2.46. The molecule has 18 heavy (non-hydrogen) atoms. The van der Waals surface area contributed by atoms with Gasteiger partial charge in [0.15, 0.2) is 0 Å². The van der Waals surface area contributed by atoms with E-state index in [0.29, 0.717) is 6.54 Å². The van der Waals surface area contributed by atoms with Gasteiger partial charge in [0.1, 0.15) is 0 Å². The van der Waals surface area contributed by atoms with Gasteiger partial charge >= 0.3 is 0 Å². The number of aromatic nitrogens is 5. The summed E-state index contributed by atoms with van der Waals surface area (Å²) >= 11 is 3.57. The molecule has 98 valence electrons. The molecule has 0 saturated heterocycles. The first kappa shape index (κ1) is 13.2. The quantitative estimate of drug-likeness (QED) is 0.931. The molecule has 0 radical (unpaired) electrons. The second-order valence-corrected chi connectivity index (χ2v) is 5.08. The highest BCUT2D eigenvalue weighted by Gasteiger charge is 2.14. The summed E-state index contributed by atoms with van der Waals surface area (Å²) in [4.78, 5) is 0. The van der Waals surface area contributed by atoms with Crippen molar-refractivity contribution in [3.05, 3.63) is 27.8 Å². The van der Waals surface area contributed by atoms with Gasteiger partial charge < -0.3 is 5.73 Å². The molecule has 0 aliphatic heterocycles. The summed E-state index contributed by atoms with van der Waals surface area (Å²) in [6.07, 6.45) is 1.87. The first-order valence-corrected chi connectivity index (χ1v) is 6.69. The molecule has 0 fully saturated rings. The Labute approximate surface area is 114 Å². The highest BCUT2D eigenvalue weighted by molar-refractivity contribution is 9.10. The molecule has 6 nitrogen and oxygen atoms in total. The molecule has 2 heterocycles. The normalized spacial score (nSPS) is 12.9. The van der Waals surface area contributed by atoms with E-state index in [1.165, 1.54) is 0 Å². The molecule has 2 rings (SSSR count). The van der Waals surface area contributed by atoms with Crippen LogP contribution in [0.25, 0.3) is 0 Å². The smallest absolute Gasteiger partial charge is 0.0991 e. The number of hydrogen-bond donors (Lipinski definition) is 1. The van der Waals surface area contributed by atoms with Gasteiger partial charge in [0, 0.05) is 12.6 Å². The molecule has 0 aliphatic rings. The molecule has 0 aliphatic carbocycles. The largest absolute Gasteiger partial charge is 0.323 e. The van der Waals surface area contributed by atoms with Gasteiger partial charge in [0.25, 0.3) is 0 Å². The lowest BCUT2D eigenvalue weighted by atomic mass is 10.3. The fourth-order valence-electron chi connectivity index (χ4n) is 1.77. The fraction of sp³-hybridized carbons (Fsp3) is 0.545. The van der Waals surface area contributed by atoms with E-state index in [4.69, 9.17) is 5.73 Å². The maximum absolute atomic E-state index is 5.77. The minimum Gasteiger partial charge on any atom is -0.323 e. The van der Waals surface area contributed by atoms with Crippen LogP contribution in [0.5, 0.6) is 0 Å². The molecule has 2 N–H and O–H groups in total. The van der Waals surface area contributed by atoms with Crippen molar-refractivity contribution < 1.29 is 0 Å². The van der Waals surface area contributed by atoms with E-state index in [9.17, 15) is 0 Å². The van der Waals surface area contributed by atoms with Gasteiger partial charge in [-0.2, -0.15) is 5.10 Å². The van der Waals surface area contributed by atoms with E-state index in [0.717, 1.165) is 28.1 Å². The Morgan fingerprint density at radius 3 is 2.78 bits per heavy atom. The van der Waals surface area contributed by atoms with Crippen molar-refractivity contribution in [3.8, 4) is 0 Å². The zero-order valence-corrected chi connectivity index (χ0v) is 12.3. The van der Waals surface area contributed by atoms with E-state index in [1.807, 2.05) is 24.7 Å². The van der Waals surface area contributed by atoms with Crippen molar-refractivity contribution in [1.29, 1.82) is 0 Å². The molecule has 1 unspecified atom stereocenters. The molecule has 0 aromatic carbocycles. The standard InChI is InChI=1S/C11H17BrN6/c1-4-18-10(11(12)8(3)15-18)6-17-5-9(7(2)13)14-16-17/h5,7H,4,6,13H2,1-3H3. The van der Waals surface area contributed by atoms with Crippen molar-refractivity contribution in [2.45, 2.75) is 39.9 Å². The zero-order valence-electron chi connectivity index (χ0n) is 10.8. The lowest BCUT2D eigenvalue weighted by Crippen LogP contribution is -2.09. The van der Waals surface area contributed by atoms with Crippen LogP contribution in [0.15, 0.2) is 10.7 Å². The number of rotatable bonds is 4. The van der Waals surface area contributed by atoms with Crippen LogP contribution in [0.1, 0.15) is 37.0 Å². The lowest BCUT2D eigenvalue weighted by molar-refractivity contribution is 0.563. The van der Waals surface area contributed by atoms with Gasteiger partial charge in [-0.1, -0.05) is 5.21 Å². The van der Waals surface area contributed by atoms with Gasteiger partial charge in [-0.25, -0.2) is 4.68 Å². The van der Waals surface area contributed by atoms with E-state index in [2.05, 4.69) is 38.3 Å². The third-order valence-electron chi connectivity index (χ3n) is 2.79. The van der Waals surface area contributed by atoms with Crippen LogP contribution in [-0.4, -0.2) is 24.8 Å². The predicted molar refractivity (Wildman–Crippen MR) is 72.1 cm³/mol. The van der Waals surface area contributed by atoms with Crippen LogP contribution in [-0.2, 0) is 13.1 Å². The molecule has 2 aromatic rings. The first-order valence-electron chi connectivity index (χ1n) is 5.90. The molecule has 0 spiro atoms. The summed E-state index contributed by atoms with van der Waals surface area (Å²) in [6, 6.07) is -0.0972. The van der Waals surface area contributed by atoms with Crippen molar-refractivity contribution in [1.82, 2.24) is 24.8 Å². The van der Waals surface area contributed by atoms with Crippen molar-refractivity contribution >= 4 is 15.9 Å². The van der Waals surface area contributed by atoms with Gasteiger partial charge in [-0.15, -0.1) is 5.10 Å². The van der Waals surface area contributed by atoms with E-state index in [1.54, 1.807) is 4.68 Å². The van der Waals surface area contributed by atoms with Crippen LogP contribution < -0.4 is 5.73 Å². The Morgan fingerprint density at radius 2 is 2.22 bits per heavy atom. The Kier molecular flexibility index (Phi) is 3.82. The maximum Gasteiger partial charge on any atom is 0.0991 e. The molecule has 1 atom stereocenters. The summed E-state index contributed by atoms with van der Waals surface area (Å²) in [6.45, 7) is 7.40. The predicted octanol–water partition coefficient (Wildman–Crippen LogP) is 1.63. The number of aryl methyl sites for hydroxylation is 2. The van der Waals surface area contributed by atoms with Gasteiger partial charge in [0.05, 0.1) is 34.3 Å². The minimum atomic E-state index is -0.0972. The molecule has 7 heteroatoms. The summed E-state index contributed by atoms with van der Waals surface area (Å²) in [5, 5.41) is 12.6. The summed E-state index contributed by atoms with van der Waals surface area (Å²) < 4.78 is 4.78. The summed E-state index contributed by atoms with van der Waals surface area (Å²) in [5.74, 6) is 0. The highest BCUT2D eigenvalue weighted by atomic mass is 79.9. The minimum absolute atomic E-state index is 0.0972. The molecule has 0 saturated carbocycles. The Hall–Kier alpha value is -1.21. The number of nitrogens with zero attached hydrogens (tertiary/aromatic N) is 5. The van der Waals surface area contributed by atoms with Gasteiger partial charge in [-0.05, 0) is 36.7 Å². The number of nitrogens with two attached hydrogens (primary N) is 1. The highest BCUT2D eigenvalue weighted by Crippen LogP contribution is 2.21. The van der Waals surface area contributed by atoms with Crippen molar-refractivity contribution in [2.75, 3.05) is 0 Å². The van der Waals surface area contributed by atoms with Crippen LogP contribution in [0, 0.1) is 6.92 Å². The Bertz CT molecular complexity index is 542. The molecular formula is C11H17BrN6. The van der Waals surface area contributed by atoms with E-state index < -0.39 is 0 Å². The number of hydrogen-bond acceptors (Lipinski definition) is 4. The molecule has 0 amide bonds. The number of halogens is 1. The average molecular weight is 313 g/mol. The average Bonchev–Trinajstić information content (AvgIpc) is 2.89. The van der Waals surface area contributed by atoms with E-state index >= 15 is 0 Å². The van der Waals surface area contributed by atoms with Crippen LogP contribution >= 0.6 is 15.9 Å². The molecular weight excluding hydrogens is 296 g/mol. The molecule has 0 bridgehead atoms. The lowest BCUT2D eigenvalue weighted by Gasteiger charge is -2.05. The van der Waals surface area contributed by atoms with E-state index in [-0.39, 0.29) is 6.04 Å². The summed E-state index contributed by atoms with van der Waals surface area (Å²) in [5.41, 5.74) is 8.64. The monoisotopic (exact) mass is 312 g/mol. The van der Waals surface area contributed by atoms with Gasteiger partial charge in [-0.3, -0.25) is 4.68 Å². The summed E-state index contributed by atoms with van der Waals surface area (Å²) in [7, 11) is 0. The Morgan fingerprint density at radius 1 is 1.50 bits per heavy atom. The van der Waals surface area contributed by atoms with Crippen molar-refractivity contribution in [3.63, 3.8) is 0 Å².